The number of carbonyl (C=O) groups is 1. The maximum atomic E-state index is 13.6. The average Bonchev–Trinajstić information content (AvgIpc) is 3.45. The predicted octanol–water partition coefficient (Wildman–Crippen LogP) is 4.03. The fraction of sp³-hybridized carbons (Fsp3) is 0.174. The Hall–Kier alpha value is -3.85. The summed E-state index contributed by atoms with van der Waals surface area (Å²) in [5.74, 6) is 1.11. The molecule has 0 spiro atoms. The van der Waals surface area contributed by atoms with Crippen LogP contribution in [0.15, 0.2) is 57.2 Å². The number of anilines is 1. The summed E-state index contributed by atoms with van der Waals surface area (Å²) in [6, 6.07) is 9.49. The molecule has 0 bridgehead atoms. The first-order chi connectivity index (χ1) is 15.6. The zero-order valence-corrected chi connectivity index (χ0v) is 18.3. The molecular weight excluding hydrogens is 432 g/mol. The molecule has 8 nitrogen and oxygen atoms in total. The molecule has 0 radical (unpaired) electrons. The first kappa shape index (κ1) is 20.1. The van der Waals surface area contributed by atoms with Crippen LogP contribution in [0, 0.1) is 0 Å². The van der Waals surface area contributed by atoms with Crippen LogP contribution in [0.2, 0.25) is 0 Å². The van der Waals surface area contributed by atoms with Crippen LogP contribution in [-0.2, 0) is 0 Å². The van der Waals surface area contributed by atoms with Gasteiger partial charge >= 0.3 is 0 Å². The Bertz CT molecular complexity index is 1400. The number of aromatic nitrogens is 1. The average molecular weight is 450 g/mol. The maximum absolute atomic E-state index is 13.6. The lowest BCUT2D eigenvalue weighted by Gasteiger charge is -2.23. The van der Waals surface area contributed by atoms with E-state index in [4.69, 9.17) is 18.6 Å². The Labute approximate surface area is 186 Å². The molecule has 162 valence electrons. The summed E-state index contributed by atoms with van der Waals surface area (Å²) < 4.78 is 22.0. The van der Waals surface area contributed by atoms with Crippen molar-refractivity contribution in [3.05, 3.63) is 75.1 Å². The van der Waals surface area contributed by atoms with Gasteiger partial charge in [0.1, 0.15) is 11.3 Å². The standard InChI is InChI=1S/C23H18N2O6S/c1-28-13-5-6-14-16(11-13)31-21-18(20(14)26)19(25(22(21)27)23-24-8-9-32-23)12-4-7-15(29-2)17(10-12)30-3/h4-11,19H,1-3H3/t19-/m1/s1. The van der Waals surface area contributed by atoms with Gasteiger partial charge in [0.25, 0.3) is 5.91 Å². The van der Waals surface area contributed by atoms with Crippen molar-refractivity contribution in [1.29, 1.82) is 0 Å². The van der Waals surface area contributed by atoms with Gasteiger partial charge in [-0.3, -0.25) is 14.5 Å². The monoisotopic (exact) mass is 450 g/mol. The Kier molecular flexibility index (Phi) is 4.82. The molecule has 2 aromatic heterocycles. The number of thiazole rings is 1. The van der Waals surface area contributed by atoms with Crippen molar-refractivity contribution in [3.63, 3.8) is 0 Å². The normalized spacial score (nSPS) is 15.2. The summed E-state index contributed by atoms with van der Waals surface area (Å²) in [6.07, 6.45) is 1.61. The molecule has 1 atom stereocenters. The lowest BCUT2D eigenvalue weighted by molar-refractivity contribution is 0.0971. The largest absolute Gasteiger partial charge is 0.497 e. The van der Waals surface area contributed by atoms with Crippen LogP contribution >= 0.6 is 11.3 Å². The number of benzene rings is 2. The van der Waals surface area contributed by atoms with Crippen molar-refractivity contribution >= 4 is 33.3 Å². The summed E-state index contributed by atoms with van der Waals surface area (Å²) in [6.45, 7) is 0. The minimum absolute atomic E-state index is 0.00858. The Morgan fingerprint density at radius 1 is 1.00 bits per heavy atom. The molecule has 0 unspecified atom stereocenters. The molecule has 0 N–H and O–H groups in total. The predicted molar refractivity (Wildman–Crippen MR) is 119 cm³/mol. The second kappa shape index (κ2) is 7.69. The summed E-state index contributed by atoms with van der Waals surface area (Å²) in [5.41, 5.74) is 0.935. The van der Waals surface area contributed by atoms with Crippen LogP contribution in [0.4, 0.5) is 5.13 Å². The van der Waals surface area contributed by atoms with Crippen molar-refractivity contribution in [3.8, 4) is 17.2 Å². The van der Waals surface area contributed by atoms with E-state index in [2.05, 4.69) is 4.98 Å². The van der Waals surface area contributed by atoms with Crippen molar-refractivity contribution in [1.82, 2.24) is 4.98 Å². The van der Waals surface area contributed by atoms with E-state index in [0.29, 0.717) is 33.3 Å². The number of fused-ring (bicyclic) bond motifs is 2. The van der Waals surface area contributed by atoms with Crippen LogP contribution in [0.5, 0.6) is 17.2 Å². The molecule has 4 aromatic rings. The fourth-order valence-corrected chi connectivity index (χ4v) is 4.62. The third kappa shape index (κ3) is 2.93. The lowest BCUT2D eigenvalue weighted by Crippen LogP contribution is -2.29. The van der Waals surface area contributed by atoms with Crippen molar-refractivity contribution in [2.24, 2.45) is 0 Å². The van der Waals surface area contributed by atoms with Gasteiger partial charge < -0.3 is 18.6 Å². The molecule has 1 aliphatic heterocycles. The number of amides is 1. The smallest absolute Gasteiger partial charge is 0.297 e. The highest BCUT2D eigenvalue weighted by molar-refractivity contribution is 7.13. The van der Waals surface area contributed by atoms with Gasteiger partial charge in [0, 0.05) is 17.6 Å². The number of carbonyl (C=O) groups excluding carboxylic acids is 1. The van der Waals surface area contributed by atoms with Gasteiger partial charge in [0.15, 0.2) is 22.1 Å². The number of hydrogen-bond acceptors (Lipinski definition) is 8. The zero-order valence-electron chi connectivity index (χ0n) is 17.4. The number of nitrogens with zero attached hydrogens (tertiary/aromatic N) is 2. The highest BCUT2D eigenvalue weighted by Gasteiger charge is 2.45. The van der Waals surface area contributed by atoms with Gasteiger partial charge in [-0.15, -0.1) is 11.3 Å². The molecule has 9 heteroatoms. The van der Waals surface area contributed by atoms with Gasteiger partial charge in [0.05, 0.1) is 38.3 Å². The number of ether oxygens (including phenoxy) is 3. The molecule has 0 aliphatic carbocycles. The van der Waals surface area contributed by atoms with Crippen LogP contribution in [0.3, 0.4) is 0 Å². The topological polar surface area (TPSA) is 91.1 Å². The summed E-state index contributed by atoms with van der Waals surface area (Å²) >= 11 is 1.30. The number of methoxy groups -OCH3 is 3. The number of rotatable bonds is 5. The fourth-order valence-electron chi connectivity index (χ4n) is 3.95. The van der Waals surface area contributed by atoms with E-state index in [1.54, 1.807) is 55.1 Å². The van der Waals surface area contributed by atoms with E-state index in [-0.39, 0.29) is 22.3 Å². The second-order valence-electron chi connectivity index (χ2n) is 7.04. The summed E-state index contributed by atoms with van der Waals surface area (Å²) in [7, 11) is 4.60. The molecule has 2 aromatic carbocycles. The second-order valence-corrected chi connectivity index (χ2v) is 7.92. The molecule has 1 amide bonds. The van der Waals surface area contributed by atoms with E-state index in [0.717, 1.165) is 0 Å². The molecule has 32 heavy (non-hydrogen) atoms. The van der Waals surface area contributed by atoms with Gasteiger partial charge in [-0.2, -0.15) is 0 Å². The van der Waals surface area contributed by atoms with Gasteiger partial charge in [-0.1, -0.05) is 6.07 Å². The Balaban J connectivity index is 1.79. The number of hydrogen-bond donors (Lipinski definition) is 0. The molecule has 5 rings (SSSR count). The first-order valence-corrected chi connectivity index (χ1v) is 10.5. The van der Waals surface area contributed by atoms with E-state index in [9.17, 15) is 9.59 Å². The quantitative estimate of drug-likeness (QED) is 0.453. The Morgan fingerprint density at radius 2 is 1.81 bits per heavy atom. The third-order valence-electron chi connectivity index (χ3n) is 5.43. The lowest BCUT2D eigenvalue weighted by atomic mass is 9.98. The highest BCUT2D eigenvalue weighted by atomic mass is 32.1. The highest BCUT2D eigenvalue weighted by Crippen LogP contribution is 2.43. The summed E-state index contributed by atoms with van der Waals surface area (Å²) in [5, 5.41) is 2.60. The van der Waals surface area contributed by atoms with Crippen LogP contribution in [0.1, 0.15) is 27.7 Å². The molecular formula is C23H18N2O6S. The summed E-state index contributed by atoms with van der Waals surface area (Å²) in [4.78, 5) is 32.9. The van der Waals surface area contributed by atoms with E-state index < -0.39 is 11.9 Å². The Morgan fingerprint density at radius 3 is 2.50 bits per heavy atom. The molecule has 1 aliphatic rings. The van der Waals surface area contributed by atoms with E-state index in [1.165, 1.54) is 30.5 Å². The van der Waals surface area contributed by atoms with Crippen LogP contribution in [0.25, 0.3) is 11.0 Å². The molecule has 0 fully saturated rings. The van der Waals surface area contributed by atoms with Crippen LogP contribution < -0.4 is 24.5 Å². The van der Waals surface area contributed by atoms with Crippen molar-refractivity contribution < 1.29 is 23.4 Å². The SMILES string of the molecule is COc1ccc2c(=O)c3c(oc2c1)C(=O)N(c1nccs1)[C@@H]3c1ccc(OC)c(OC)c1. The third-order valence-corrected chi connectivity index (χ3v) is 6.20. The van der Waals surface area contributed by atoms with Crippen molar-refractivity contribution in [2.75, 3.05) is 26.2 Å². The molecule has 0 saturated heterocycles. The van der Waals surface area contributed by atoms with E-state index >= 15 is 0 Å². The zero-order chi connectivity index (χ0) is 22.4. The minimum atomic E-state index is -0.730. The van der Waals surface area contributed by atoms with Crippen molar-refractivity contribution in [2.45, 2.75) is 6.04 Å². The van der Waals surface area contributed by atoms with Gasteiger partial charge in [-0.25, -0.2) is 4.98 Å². The molecule has 0 saturated carbocycles. The minimum Gasteiger partial charge on any atom is -0.497 e. The van der Waals surface area contributed by atoms with Crippen LogP contribution in [-0.4, -0.2) is 32.2 Å². The maximum Gasteiger partial charge on any atom is 0.297 e. The van der Waals surface area contributed by atoms with Gasteiger partial charge in [0.2, 0.25) is 5.76 Å². The van der Waals surface area contributed by atoms with E-state index in [1.807, 2.05) is 0 Å². The van der Waals surface area contributed by atoms with Gasteiger partial charge in [-0.05, 0) is 29.8 Å². The molecule has 3 heterocycles. The first-order valence-electron chi connectivity index (χ1n) is 9.67.